The number of carbonyl (C=O) groups excluding carboxylic acids is 1. The van der Waals surface area contributed by atoms with Crippen molar-refractivity contribution in [2.45, 2.75) is 34.6 Å². The van der Waals surface area contributed by atoms with E-state index >= 15 is 0 Å². The second kappa shape index (κ2) is 6.64. The number of aryl methyl sites for hydroxylation is 5. The fourth-order valence-electron chi connectivity index (χ4n) is 4.28. The van der Waals surface area contributed by atoms with Gasteiger partial charge in [-0.1, -0.05) is 23.8 Å². The molecule has 154 valence electrons. The summed E-state index contributed by atoms with van der Waals surface area (Å²) in [7, 11) is 0. The highest BCUT2D eigenvalue weighted by molar-refractivity contribution is 6.06. The number of fused-ring (bicyclic) bond motifs is 4. The van der Waals surface area contributed by atoms with Crippen LogP contribution in [0.5, 0.6) is 0 Å². The van der Waals surface area contributed by atoms with Gasteiger partial charge in [0.1, 0.15) is 0 Å². The third-order valence-electron chi connectivity index (χ3n) is 6.10. The minimum absolute atomic E-state index is 0.166. The highest BCUT2D eigenvalue weighted by Crippen LogP contribution is 2.26. The Morgan fingerprint density at radius 3 is 2.13 bits per heavy atom. The first-order valence-electron chi connectivity index (χ1n) is 10.3. The molecule has 2 heterocycles. The standard InChI is InChI=1S/C26H23N3O2/c1-14-6-8-19(18(5)10-14)24(30)28-22-12-16(3)17(4)13-23(22)29-25(31)20-9-7-15(2)11-21(20)27-26(28)29/h6-13H,1-5H3. The molecule has 0 amide bonds. The van der Waals surface area contributed by atoms with Gasteiger partial charge in [-0.05, 0) is 87.2 Å². The van der Waals surface area contributed by atoms with Crippen molar-refractivity contribution in [3.8, 4) is 0 Å². The van der Waals surface area contributed by atoms with Gasteiger partial charge in [0, 0.05) is 5.56 Å². The van der Waals surface area contributed by atoms with Crippen LogP contribution in [0.15, 0.2) is 53.3 Å². The van der Waals surface area contributed by atoms with E-state index in [9.17, 15) is 9.59 Å². The zero-order valence-electron chi connectivity index (χ0n) is 18.3. The van der Waals surface area contributed by atoms with Crippen molar-refractivity contribution in [2.75, 3.05) is 0 Å². The van der Waals surface area contributed by atoms with E-state index in [-0.39, 0.29) is 11.5 Å². The molecule has 0 fully saturated rings. The van der Waals surface area contributed by atoms with Crippen LogP contribution in [0, 0.1) is 34.6 Å². The number of aromatic nitrogens is 3. The predicted octanol–water partition coefficient (Wildman–Crippen LogP) is 5.03. The number of benzene rings is 3. The van der Waals surface area contributed by atoms with Gasteiger partial charge in [0.05, 0.1) is 21.9 Å². The molecular weight excluding hydrogens is 386 g/mol. The Hall–Kier alpha value is -3.73. The number of rotatable bonds is 1. The van der Waals surface area contributed by atoms with Crippen molar-refractivity contribution in [1.82, 2.24) is 14.0 Å². The summed E-state index contributed by atoms with van der Waals surface area (Å²) in [6.07, 6.45) is 0. The fourth-order valence-corrected chi connectivity index (χ4v) is 4.28. The maximum atomic E-state index is 13.8. The van der Waals surface area contributed by atoms with E-state index in [1.165, 1.54) is 0 Å². The SMILES string of the molecule is Cc1ccc(C(=O)n2c3cc(C)c(C)cc3n3c(=O)c4ccc(C)cc4nc23)c(C)c1. The monoisotopic (exact) mass is 409 g/mol. The average Bonchev–Trinajstić information content (AvgIpc) is 3.01. The van der Waals surface area contributed by atoms with Gasteiger partial charge < -0.3 is 0 Å². The predicted molar refractivity (Wildman–Crippen MR) is 124 cm³/mol. The van der Waals surface area contributed by atoms with Crippen LogP contribution in [-0.4, -0.2) is 19.9 Å². The third kappa shape index (κ3) is 2.81. The van der Waals surface area contributed by atoms with Crippen LogP contribution in [-0.2, 0) is 0 Å². The maximum absolute atomic E-state index is 13.8. The fraction of sp³-hybridized carbons (Fsp3) is 0.192. The molecule has 5 aromatic rings. The quantitative estimate of drug-likeness (QED) is 0.390. The molecule has 2 aromatic heterocycles. The topological polar surface area (TPSA) is 56.4 Å². The van der Waals surface area contributed by atoms with Crippen molar-refractivity contribution >= 4 is 33.6 Å². The lowest BCUT2D eigenvalue weighted by Crippen LogP contribution is -2.19. The van der Waals surface area contributed by atoms with Crippen molar-refractivity contribution in [3.05, 3.63) is 92.3 Å². The lowest BCUT2D eigenvalue weighted by Gasteiger charge is -2.09. The van der Waals surface area contributed by atoms with Crippen LogP contribution in [0.1, 0.15) is 38.2 Å². The number of carbonyl (C=O) groups is 1. The molecule has 0 aliphatic carbocycles. The zero-order valence-corrected chi connectivity index (χ0v) is 18.3. The Kier molecular flexibility index (Phi) is 4.12. The minimum atomic E-state index is -0.188. The van der Waals surface area contributed by atoms with Crippen molar-refractivity contribution in [3.63, 3.8) is 0 Å². The third-order valence-corrected chi connectivity index (χ3v) is 6.10. The number of imidazole rings is 1. The molecule has 0 aliphatic heterocycles. The number of hydrogen-bond acceptors (Lipinski definition) is 3. The molecule has 5 rings (SSSR count). The summed E-state index contributed by atoms with van der Waals surface area (Å²) >= 11 is 0. The van der Waals surface area contributed by atoms with Crippen LogP contribution in [0.2, 0.25) is 0 Å². The zero-order chi connectivity index (χ0) is 22.0. The second-order valence-corrected chi connectivity index (χ2v) is 8.46. The lowest BCUT2D eigenvalue weighted by atomic mass is 10.0. The van der Waals surface area contributed by atoms with Crippen LogP contribution in [0.25, 0.3) is 27.7 Å². The highest BCUT2D eigenvalue weighted by Gasteiger charge is 2.23. The van der Waals surface area contributed by atoms with Gasteiger partial charge in [0.25, 0.3) is 11.5 Å². The summed E-state index contributed by atoms with van der Waals surface area (Å²) in [5, 5.41) is 0.541. The Bertz CT molecular complexity index is 1620. The van der Waals surface area contributed by atoms with Crippen molar-refractivity contribution < 1.29 is 4.79 Å². The summed E-state index contributed by atoms with van der Waals surface area (Å²) in [4.78, 5) is 32.1. The largest absolute Gasteiger partial charge is 0.268 e. The van der Waals surface area contributed by atoms with E-state index in [0.29, 0.717) is 33.3 Å². The normalized spacial score (nSPS) is 11.6. The number of nitrogens with zero attached hydrogens (tertiary/aromatic N) is 3. The summed E-state index contributed by atoms with van der Waals surface area (Å²) in [5.41, 5.74) is 7.52. The van der Waals surface area contributed by atoms with Crippen LogP contribution >= 0.6 is 0 Å². The van der Waals surface area contributed by atoms with Gasteiger partial charge in [-0.25, -0.2) is 14.0 Å². The average molecular weight is 409 g/mol. The lowest BCUT2D eigenvalue weighted by molar-refractivity contribution is 0.0968. The summed E-state index contributed by atoms with van der Waals surface area (Å²) in [6, 6.07) is 15.3. The molecule has 5 nitrogen and oxygen atoms in total. The first-order chi connectivity index (χ1) is 14.8. The minimum Gasteiger partial charge on any atom is -0.268 e. The molecule has 0 bridgehead atoms. The Morgan fingerprint density at radius 1 is 0.774 bits per heavy atom. The molecule has 0 spiro atoms. The Morgan fingerprint density at radius 2 is 1.42 bits per heavy atom. The number of hydrogen-bond donors (Lipinski definition) is 0. The van der Waals surface area contributed by atoms with Crippen molar-refractivity contribution in [2.24, 2.45) is 0 Å². The summed E-state index contributed by atoms with van der Waals surface area (Å²) < 4.78 is 3.16. The van der Waals surface area contributed by atoms with Gasteiger partial charge in [-0.15, -0.1) is 0 Å². The molecule has 0 aliphatic rings. The molecule has 0 N–H and O–H groups in total. The Balaban J connectivity index is 1.98. The van der Waals surface area contributed by atoms with Gasteiger partial charge in [0.15, 0.2) is 0 Å². The molecular formula is C26H23N3O2. The first kappa shape index (κ1) is 19.2. The van der Waals surface area contributed by atoms with E-state index in [1.54, 1.807) is 8.97 Å². The van der Waals surface area contributed by atoms with E-state index in [0.717, 1.165) is 27.8 Å². The molecule has 0 saturated carbocycles. The van der Waals surface area contributed by atoms with E-state index < -0.39 is 0 Å². The molecule has 31 heavy (non-hydrogen) atoms. The van der Waals surface area contributed by atoms with Crippen LogP contribution < -0.4 is 5.56 Å². The van der Waals surface area contributed by atoms with Gasteiger partial charge in [0.2, 0.25) is 5.78 Å². The van der Waals surface area contributed by atoms with E-state index in [1.807, 2.05) is 83.1 Å². The van der Waals surface area contributed by atoms with Crippen molar-refractivity contribution in [1.29, 1.82) is 0 Å². The summed E-state index contributed by atoms with van der Waals surface area (Å²) in [5.74, 6) is 0.153. The smallest absolute Gasteiger partial charge is 0.267 e. The van der Waals surface area contributed by atoms with Gasteiger partial charge in [-0.3, -0.25) is 9.59 Å². The van der Waals surface area contributed by atoms with Gasteiger partial charge >= 0.3 is 0 Å². The first-order valence-corrected chi connectivity index (χ1v) is 10.3. The Labute approximate surface area is 179 Å². The molecule has 0 saturated heterocycles. The van der Waals surface area contributed by atoms with Crippen LogP contribution in [0.4, 0.5) is 0 Å². The van der Waals surface area contributed by atoms with Crippen LogP contribution in [0.3, 0.4) is 0 Å². The van der Waals surface area contributed by atoms with Gasteiger partial charge in [-0.2, -0.15) is 0 Å². The summed E-state index contributed by atoms with van der Waals surface area (Å²) in [6.45, 7) is 9.92. The molecule has 0 unspecified atom stereocenters. The van der Waals surface area contributed by atoms with E-state index in [4.69, 9.17) is 4.98 Å². The van der Waals surface area contributed by atoms with E-state index in [2.05, 4.69) is 0 Å². The molecule has 3 aromatic carbocycles. The maximum Gasteiger partial charge on any atom is 0.267 e. The molecule has 0 atom stereocenters. The molecule has 5 heteroatoms. The second-order valence-electron chi connectivity index (χ2n) is 8.46. The highest BCUT2D eigenvalue weighted by atomic mass is 16.2. The molecule has 0 radical (unpaired) electrons.